The fourth-order valence-corrected chi connectivity index (χ4v) is 2.80. The number of carbonyl (C=O) groups excluding carboxylic acids is 1. The van der Waals surface area contributed by atoms with Gasteiger partial charge in [0.15, 0.2) is 0 Å². The summed E-state index contributed by atoms with van der Waals surface area (Å²) in [6, 6.07) is 13.8. The van der Waals surface area contributed by atoms with E-state index in [4.69, 9.17) is 0 Å². The molecule has 0 saturated carbocycles. The monoisotopic (exact) mass is 337 g/mol. The molecule has 25 heavy (non-hydrogen) atoms. The highest BCUT2D eigenvalue weighted by Gasteiger charge is 2.14. The molecule has 0 spiro atoms. The van der Waals surface area contributed by atoms with Gasteiger partial charge in [-0.3, -0.25) is 4.79 Å². The zero-order valence-corrected chi connectivity index (χ0v) is 15.1. The Hall–Kier alpha value is -2.89. The third kappa shape index (κ3) is 3.47. The van der Waals surface area contributed by atoms with Gasteiger partial charge in [-0.2, -0.15) is 0 Å². The minimum Gasteiger partial charge on any atom is -0.378 e. The molecule has 3 aromatic rings. The van der Waals surface area contributed by atoms with E-state index in [2.05, 4.69) is 39.5 Å². The molecule has 3 rings (SSSR count). The molecule has 1 aromatic heterocycles. The fraction of sp³-hybridized carbons (Fsp3) is 0.316. The number of aromatic nitrogens is 3. The summed E-state index contributed by atoms with van der Waals surface area (Å²) in [6.45, 7) is 3.33. The van der Waals surface area contributed by atoms with Crippen molar-refractivity contribution in [2.75, 3.05) is 26.0 Å². The van der Waals surface area contributed by atoms with Crippen molar-refractivity contribution in [3.05, 3.63) is 53.6 Å². The molecule has 0 aliphatic heterocycles. The predicted octanol–water partition coefficient (Wildman–Crippen LogP) is 2.79. The molecule has 0 aliphatic rings. The van der Waals surface area contributed by atoms with Gasteiger partial charge < -0.3 is 9.80 Å². The Labute approximate surface area is 147 Å². The number of carbonyl (C=O) groups is 1. The van der Waals surface area contributed by atoms with Crippen molar-refractivity contribution in [2.45, 2.75) is 20.0 Å². The molecule has 0 radical (unpaired) electrons. The molecule has 0 atom stereocenters. The van der Waals surface area contributed by atoms with Gasteiger partial charge in [0.1, 0.15) is 5.52 Å². The van der Waals surface area contributed by atoms with Crippen LogP contribution in [0.5, 0.6) is 0 Å². The number of amides is 1. The first-order chi connectivity index (χ1) is 12.0. The summed E-state index contributed by atoms with van der Waals surface area (Å²) in [5.74, 6) is -0.0235. The van der Waals surface area contributed by atoms with Gasteiger partial charge in [-0.1, -0.05) is 17.3 Å². The van der Waals surface area contributed by atoms with Gasteiger partial charge in [0.2, 0.25) is 0 Å². The van der Waals surface area contributed by atoms with E-state index in [9.17, 15) is 4.79 Å². The van der Waals surface area contributed by atoms with Gasteiger partial charge in [-0.25, -0.2) is 4.68 Å². The first kappa shape index (κ1) is 17.0. The molecular weight excluding hydrogens is 314 g/mol. The molecule has 2 aromatic carbocycles. The summed E-state index contributed by atoms with van der Waals surface area (Å²) in [5, 5.41) is 8.23. The van der Waals surface area contributed by atoms with Crippen LogP contribution in [0.1, 0.15) is 22.8 Å². The average molecular weight is 337 g/mol. The number of fused-ring (bicyclic) bond motifs is 1. The number of nitrogens with zero attached hydrogens (tertiary/aromatic N) is 5. The summed E-state index contributed by atoms with van der Waals surface area (Å²) in [7, 11) is 5.83. The smallest absolute Gasteiger partial charge is 0.253 e. The highest BCUT2D eigenvalue weighted by molar-refractivity contribution is 5.97. The Kier molecular flexibility index (Phi) is 4.70. The lowest BCUT2D eigenvalue weighted by Gasteiger charge is -2.18. The van der Waals surface area contributed by atoms with Gasteiger partial charge in [-0.05, 0) is 42.8 Å². The lowest BCUT2D eigenvalue weighted by Crippen LogP contribution is -2.26. The minimum absolute atomic E-state index is 0.0235. The van der Waals surface area contributed by atoms with Crippen LogP contribution in [0.2, 0.25) is 0 Å². The van der Waals surface area contributed by atoms with Crippen molar-refractivity contribution in [2.24, 2.45) is 0 Å². The highest BCUT2D eigenvalue weighted by Crippen LogP contribution is 2.17. The number of hydrogen-bond donors (Lipinski definition) is 0. The van der Waals surface area contributed by atoms with Crippen molar-refractivity contribution in [1.82, 2.24) is 19.9 Å². The second-order valence-electron chi connectivity index (χ2n) is 6.33. The maximum Gasteiger partial charge on any atom is 0.253 e. The van der Waals surface area contributed by atoms with Crippen LogP contribution in [0.25, 0.3) is 11.0 Å². The number of hydrogen-bond acceptors (Lipinski definition) is 4. The zero-order chi connectivity index (χ0) is 18.0. The first-order valence-electron chi connectivity index (χ1n) is 8.34. The second-order valence-corrected chi connectivity index (χ2v) is 6.33. The lowest BCUT2D eigenvalue weighted by molar-refractivity contribution is 0.0785. The van der Waals surface area contributed by atoms with E-state index in [1.807, 2.05) is 50.9 Å². The molecule has 6 nitrogen and oxygen atoms in total. The third-order valence-electron chi connectivity index (χ3n) is 4.28. The summed E-state index contributed by atoms with van der Waals surface area (Å²) >= 11 is 0. The SMILES string of the molecule is CCn1nnc2cc(C(=O)N(C)Cc3ccc(N(C)C)cc3)ccc21. The standard InChI is InChI=1S/C19H23N5O/c1-5-24-18-11-8-15(12-17(18)20-21-24)19(25)23(4)13-14-6-9-16(10-7-14)22(2)3/h6-12H,5,13H2,1-4H3. The maximum atomic E-state index is 12.7. The first-order valence-corrected chi connectivity index (χ1v) is 8.34. The number of rotatable bonds is 5. The lowest BCUT2D eigenvalue weighted by atomic mass is 10.1. The van der Waals surface area contributed by atoms with E-state index < -0.39 is 0 Å². The average Bonchev–Trinajstić information content (AvgIpc) is 3.03. The van der Waals surface area contributed by atoms with Crippen LogP contribution < -0.4 is 4.90 Å². The van der Waals surface area contributed by atoms with Crippen LogP contribution in [-0.2, 0) is 13.1 Å². The van der Waals surface area contributed by atoms with E-state index in [-0.39, 0.29) is 5.91 Å². The summed E-state index contributed by atoms with van der Waals surface area (Å²) in [5.41, 5.74) is 4.56. The summed E-state index contributed by atoms with van der Waals surface area (Å²) in [6.07, 6.45) is 0. The Balaban J connectivity index is 1.75. The van der Waals surface area contributed by atoms with Gasteiger partial charge in [0.05, 0.1) is 5.52 Å². The largest absolute Gasteiger partial charge is 0.378 e. The van der Waals surface area contributed by atoms with Crippen molar-refractivity contribution in [3.8, 4) is 0 Å². The molecule has 0 aliphatic carbocycles. The molecular formula is C19H23N5O. The van der Waals surface area contributed by atoms with Crippen LogP contribution in [0.4, 0.5) is 5.69 Å². The molecule has 130 valence electrons. The Morgan fingerprint density at radius 1 is 1.08 bits per heavy atom. The van der Waals surface area contributed by atoms with Crippen LogP contribution in [-0.4, -0.2) is 46.9 Å². The van der Waals surface area contributed by atoms with Crippen LogP contribution in [0, 0.1) is 0 Å². The summed E-state index contributed by atoms with van der Waals surface area (Å²) < 4.78 is 1.82. The van der Waals surface area contributed by atoms with E-state index in [1.54, 1.807) is 4.90 Å². The van der Waals surface area contributed by atoms with E-state index in [0.717, 1.165) is 28.8 Å². The molecule has 0 fully saturated rings. The van der Waals surface area contributed by atoms with E-state index in [1.165, 1.54) is 0 Å². The van der Waals surface area contributed by atoms with Crippen molar-refractivity contribution in [1.29, 1.82) is 0 Å². The molecule has 1 heterocycles. The molecule has 0 bridgehead atoms. The van der Waals surface area contributed by atoms with Crippen LogP contribution in [0.3, 0.4) is 0 Å². The van der Waals surface area contributed by atoms with Crippen molar-refractivity contribution < 1.29 is 4.79 Å². The fourth-order valence-electron chi connectivity index (χ4n) is 2.80. The third-order valence-corrected chi connectivity index (χ3v) is 4.28. The van der Waals surface area contributed by atoms with Gasteiger partial charge >= 0.3 is 0 Å². The Morgan fingerprint density at radius 3 is 2.44 bits per heavy atom. The number of anilines is 1. The molecule has 0 N–H and O–H groups in total. The number of benzene rings is 2. The topological polar surface area (TPSA) is 54.3 Å². The Morgan fingerprint density at radius 2 is 1.80 bits per heavy atom. The highest BCUT2D eigenvalue weighted by atomic mass is 16.2. The van der Waals surface area contributed by atoms with Crippen molar-refractivity contribution >= 4 is 22.6 Å². The van der Waals surface area contributed by atoms with E-state index in [0.29, 0.717) is 12.1 Å². The Bertz CT molecular complexity index is 882. The van der Waals surface area contributed by atoms with E-state index >= 15 is 0 Å². The summed E-state index contributed by atoms with van der Waals surface area (Å²) in [4.78, 5) is 16.5. The molecule has 6 heteroatoms. The normalized spacial score (nSPS) is 10.9. The zero-order valence-electron chi connectivity index (χ0n) is 15.1. The molecule has 1 amide bonds. The molecule has 0 unspecified atom stereocenters. The number of aryl methyl sites for hydroxylation is 1. The molecule has 0 saturated heterocycles. The van der Waals surface area contributed by atoms with Crippen molar-refractivity contribution in [3.63, 3.8) is 0 Å². The van der Waals surface area contributed by atoms with Gasteiger partial charge in [0.25, 0.3) is 5.91 Å². The quantitative estimate of drug-likeness (QED) is 0.718. The second kappa shape index (κ2) is 6.93. The minimum atomic E-state index is -0.0235. The van der Waals surface area contributed by atoms with Crippen LogP contribution >= 0.6 is 0 Å². The van der Waals surface area contributed by atoms with Crippen LogP contribution in [0.15, 0.2) is 42.5 Å². The predicted molar refractivity (Wildman–Crippen MR) is 99.8 cm³/mol. The van der Waals surface area contributed by atoms with Gasteiger partial charge in [-0.15, -0.1) is 5.10 Å². The van der Waals surface area contributed by atoms with Gasteiger partial charge in [0, 0.05) is 45.5 Å². The maximum absolute atomic E-state index is 12.7.